The Balaban J connectivity index is 1.35. The molecule has 5 rings (SSSR count). The summed E-state index contributed by atoms with van der Waals surface area (Å²) in [4.78, 5) is 22.6. The Morgan fingerprint density at radius 1 is 1.09 bits per heavy atom. The fourth-order valence-corrected chi connectivity index (χ4v) is 4.72. The molecule has 7 nitrogen and oxygen atoms in total. The molecule has 2 aromatic carbocycles. The summed E-state index contributed by atoms with van der Waals surface area (Å²) in [6, 6.07) is 18.2. The maximum Gasteiger partial charge on any atom is 0.245 e. The number of benzene rings is 2. The molecule has 1 fully saturated rings. The number of amides is 1. The fourth-order valence-electron chi connectivity index (χ4n) is 4.72. The Kier molecular flexibility index (Phi) is 6.48. The number of likely N-dealkylation sites (tertiary alicyclic amines) is 1. The fraction of sp³-hybridized carbons (Fsp3) is 0.250. The van der Waals surface area contributed by atoms with Gasteiger partial charge in [-0.1, -0.05) is 49.0 Å². The van der Waals surface area contributed by atoms with Crippen LogP contribution in [0, 0.1) is 5.92 Å². The topological polar surface area (TPSA) is 86.3 Å². The first-order valence-electron chi connectivity index (χ1n) is 11.9. The largest absolute Gasteiger partial charge is 0.489 e. The molecule has 0 aliphatic carbocycles. The van der Waals surface area contributed by atoms with Crippen LogP contribution in [0.3, 0.4) is 0 Å². The van der Waals surface area contributed by atoms with E-state index in [-0.39, 0.29) is 5.91 Å². The summed E-state index contributed by atoms with van der Waals surface area (Å²) < 4.78 is 8.12. The third-order valence-corrected chi connectivity index (χ3v) is 6.65. The number of hydrogen-bond acceptors (Lipinski definition) is 5. The first kappa shape index (κ1) is 22.7. The van der Waals surface area contributed by atoms with Gasteiger partial charge in [-0.25, -0.2) is 9.97 Å². The second-order valence-corrected chi connectivity index (χ2v) is 8.92. The number of fused-ring (bicyclic) bond motifs is 1. The van der Waals surface area contributed by atoms with Crippen molar-refractivity contribution >= 4 is 22.8 Å². The Morgan fingerprint density at radius 2 is 1.83 bits per heavy atom. The highest BCUT2D eigenvalue weighted by Crippen LogP contribution is 2.34. The quantitative estimate of drug-likeness (QED) is 0.399. The van der Waals surface area contributed by atoms with Gasteiger partial charge in [0.2, 0.25) is 5.91 Å². The van der Waals surface area contributed by atoms with Gasteiger partial charge in [-0.3, -0.25) is 4.79 Å². The van der Waals surface area contributed by atoms with Crippen molar-refractivity contribution in [2.75, 3.05) is 18.8 Å². The summed E-state index contributed by atoms with van der Waals surface area (Å²) in [7, 11) is 0. The van der Waals surface area contributed by atoms with Crippen molar-refractivity contribution < 1.29 is 9.53 Å². The minimum atomic E-state index is 0.00820. The average Bonchev–Trinajstić information content (AvgIpc) is 3.28. The van der Waals surface area contributed by atoms with Gasteiger partial charge in [-0.05, 0) is 48.1 Å². The molecule has 2 aromatic heterocycles. The molecule has 1 amide bonds. The molecule has 0 radical (unpaired) electrons. The number of rotatable bonds is 7. The number of aromatic nitrogens is 3. The van der Waals surface area contributed by atoms with Gasteiger partial charge in [-0.2, -0.15) is 0 Å². The number of hydrogen-bond donors (Lipinski definition) is 1. The Morgan fingerprint density at radius 3 is 2.54 bits per heavy atom. The van der Waals surface area contributed by atoms with E-state index in [2.05, 4.69) is 27.3 Å². The standard InChI is InChI=1S/C28H29N5O2/c1-2-25(34)32-14-12-20(13-15-32)16-33-17-24(26-27(29)30-19-31-28(26)33)22-8-10-23(11-9-22)35-18-21-6-4-3-5-7-21/h2-11,17,19-20H,1,12-16,18H2,(H2,29,30,31). The molecule has 1 saturated heterocycles. The molecule has 0 saturated carbocycles. The minimum absolute atomic E-state index is 0.00820. The van der Waals surface area contributed by atoms with Crippen molar-refractivity contribution in [3.05, 3.63) is 85.3 Å². The van der Waals surface area contributed by atoms with E-state index in [1.807, 2.05) is 59.5 Å². The van der Waals surface area contributed by atoms with Crippen molar-refractivity contribution in [3.63, 3.8) is 0 Å². The molecule has 3 heterocycles. The van der Waals surface area contributed by atoms with Crippen LogP contribution in [0.25, 0.3) is 22.2 Å². The van der Waals surface area contributed by atoms with Crippen molar-refractivity contribution in [2.24, 2.45) is 5.92 Å². The smallest absolute Gasteiger partial charge is 0.245 e. The molecule has 1 aliphatic heterocycles. The molecule has 0 bridgehead atoms. The highest BCUT2D eigenvalue weighted by atomic mass is 16.5. The number of carbonyl (C=O) groups is 1. The van der Waals surface area contributed by atoms with E-state index < -0.39 is 0 Å². The lowest BCUT2D eigenvalue weighted by Gasteiger charge is -2.31. The number of piperidine rings is 1. The SMILES string of the molecule is C=CC(=O)N1CCC(Cn2cc(-c3ccc(OCc4ccccc4)cc3)c3c(N)ncnc32)CC1. The normalized spacial score (nSPS) is 14.2. The molecular formula is C28H29N5O2. The Bertz CT molecular complexity index is 1320. The zero-order valence-corrected chi connectivity index (χ0v) is 19.6. The van der Waals surface area contributed by atoms with Crippen LogP contribution in [0.4, 0.5) is 5.82 Å². The monoisotopic (exact) mass is 467 g/mol. The van der Waals surface area contributed by atoms with Crippen LogP contribution in [0.15, 0.2) is 79.8 Å². The molecule has 0 spiro atoms. The van der Waals surface area contributed by atoms with Gasteiger partial charge in [0.05, 0.1) is 5.39 Å². The summed E-state index contributed by atoms with van der Waals surface area (Å²) in [5, 5.41) is 0.865. The summed E-state index contributed by atoms with van der Waals surface area (Å²) in [6.07, 6.45) is 6.93. The van der Waals surface area contributed by atoms with E-state index in [4.69, 9.17) is 10.5 Å². The first-order valence-corrected chi connectivity index (χ1v) is 11.9. The third-order valence-electron chi connectivity index (χ3n) is 6.65. The van der Waals surface area contributed by atoms with Crippen LogP contribution >= 0.6 is 0 Å². The van der Waals surface area contributed by atoms with Crippen LogP contribution in [-0.4, -0.2) is 38.4 Å². The van der Waals surface area contributed by atoms with Crippen LogP contribution in [0.5, 0.6) is 5.75 Å². The molecule has 35 heavy (non-hydrogen) atoms. The molecule has 0 unspecified atom stereocenters. The molecule has 7 heteroatoms. The summed E-state index contributed by atoms with van der Waals surface area (Å²) in [5.41, 5.74) is 10.3. The van der Waals surface area contributed by atoms with Gasteiger partial charge in [0.15, 0.2) is 0 Å². The molecule has 2 N–H and O–H groups in total. The molecule has 1 aliphatic rings. The number of ether oxygens (including phenoxy) is 1. The van der Waals surface area contributed by atoms with E-state index >= 15 is 0 Å². The molecule has 178 valence electrons. The van der Waals surface area contributed by atoms with Gasteiger partial charge >= 0.3 is 0 Å². The summed E-state index contributed by atoms with van der Waals surface area (Å²) >= 11 is 0. The van der Waals surface area contributed by atoms with Gasteiger partial charge < -0.3 is 19.9 Å². The summed E-state index contributed by atoms with van der Waals surface area (Å²) in [6.45, 7) is 6.45. The number of anilines is 1. The van der Waals surface area contributed by atoms with Crippen molar-refractivity contribution in [1.29, 1.82) is 0 Å². The van der Waals surface area contributed by atoms with Crippen molar-refractivity contribution in [2.45, 2.75) is 26.0 Å². The van der Waals surface area contributed by atoms with Gasteiger partial charge in [0.1, 0.15) is 30.1 Å². The van der Waals surface area contributed by atoms with Gasteiger partial charge in [0, 0.05) is 31.4 Å². The maximum atomic E-state index is 11.9. The van der Waals surface area contributed by atoms with Gasteiger partial charge in [-0.15, -0.1) is 0 Å². The second-order valence-electron chi connectivity index (χ2n) is 8.92. The minimum Gasteiger partial charge on any atom is -0.489 e. The van der Waals surface area contributed by atoms with E-state index in [0.29, 0.717) is 18.3 Å². The zero-order chi connectivity index (χ0) is 24.2. The van der Waals surface area contributed by atoms with Crippen LogP contribution < -0.4 is 10.5 Å². The highest BCUT2D eigenvalue weighted by Gasteiger charge is 2.23. The van der Waals surface area contributed by atoms with E-state index in [1.165, 1.54) is 12.4 Å². The number of carbonyl (C=O) groups excluding carboxylic acids is 1. The van der Waals surface area contributed by atoms with E-state index in [0.717, 1.165) is 65.9 Å². The second kappa shape index (κ2) is 10.0. The Labute approximate surface area is 204 Å². The lowest BCUT2D eigenvalue weighted by molar-refractivity contribution is -0.127. The predicted molar refractivity (Wildman–Crippen MR) is 138 cm³/mol. The predicted octanol–water partition coefficient (Wildman–Crippen LogP) is 4.68. The Hall–Kier alpha value is -4.13. The van der Waals surface area contributed by atoms with Crippen LogP contribution in [0.1, 0.15) is 18.4 Å². The molecule has 4 aromatic rings. The maximum absolute atomic E-state index is 11.9. The number of nitrogen functional groups attached to an aromatic ring is 1. The van der Waals surface area contributed by atoms with Crippen molar-refractivity contribution in [1.82, 2.24) is 19.4 Å². The lowest BCUT2D eigenvalue weighted by atomic mass is 9.96. The van der Waals surface area contributed by atoms with Crippen molar-refractivity contribution in [3.8, 4) is 16.9 Å². The lowest BCUT2D eigenvalue weighted by Crippen LogP contribution is -2.38. The van der Waals surface area contributed by atoms with E-state index in [9.17, 15) is 4.79 Å². The first-order chi connectivity index (χ1) is 17.1. The third kappa shape index (κ3) is 4.89. The highest BCUT2D eigenvalue weighted by molar-refractivity contribution is 6.00. The zero-order valence-electron chi connectivity index (χ0n) is 19.6. The number of nitrogens with two attached hydrogens (primary N) is 1. The van der Waals surface area contributed by atoms with Crippen LogP contribution in [-0.2, 0) is 17.9 Å². The van der Waals surface area contributed by atoms with E-state index in [1.54, 1.807) is 0 Å². The summed E-state index contributed by atoms with van der Waals surface area (Å²) in [5.74, 6) is 1.75. The molecule has 0 atom stereocenters. The van der Waals surface area contributed by atoms with Gasteiger partial charge in [0.25, 0.3) is 0 Å². The molecular weight excluding hydrogens is 438 g/mol. The number of nitrogens with zero attached hydrogens (tertiary/aromatic N) is 4. The average molecular weight is 468 g/mol. The van der Waals surface area contributed by atoms with Crippen LogP contribution in [0.2, 0.25) is 0 Å².